The maximum Gasteiger partial charge on any atom is 0.253 e. The Kier molecular flexibility index (Phi) is 5.76. The summed E-state index contributed by atoms with van der Waals surface area (Å²) in [7, 11) is 2.06. The number of pyridine rings is 1. The molecule has 5 heteroatoms. The third kappa shape index (κ3) is 4.52. The highest BCUT2D eigenvalue weighted by Crippen LogP contribution is 2.09. The number of nitrogens with zero attached hydrogens (tertiary/aromatic N) is 2. The zero-order valence-electron chi connectivity index (χ0n) is 12.2. The van der Waals surface area contributed by atoms with E-state index < -0.39 is 0 Å². The van der Waals surface area contributed by atoms with Crippen molar-refractivity contribution < 1.29 is 4.79 Å². The molecular weight excluding hydrogens is 240 g/mol. The van der Waals surface area contributed by atoms with E-state index in [-0.39, 0.29) is 5.91 Å². The molecule has 106 valence electrons. The number of hydrogen-bond acceptors (Lipinski definition) is 4. The minimum Gasteiger partial charge on any atom is -0.397 e. The standard InChI is InChI=1S/C14H24N4O/c1-5-10(2)18(4)7-6-16-14(19)13-8-12(15)9-17-11(13)3/h8-10H,5-7,15H2,1-4H3,(H,16,19). The summed E-state index contributed by atoms with van der Waals surface area (Å²) in [5.74, 6) is -0.116. The van der Waals surface area contributed by atoms with Crippen LogP contribution in [0.25, 0.3) is 0 Å². The molecule has 0 aliphatic rings. The van der Waals surface area contributed by atoms with E-state index in [4.69, 9.17) is 5.73 Å². The van der Waals surface area contributed by atoms with Gasteiger partial charge in [-0.15, -0.1) is 0 Å². The highest BCUT2D eigenvalue weighted by molar-refractivity contribution is 5.95. The normalized spacial score (nSPS) is 12.5. The summed E-state index contributed by atoms with van der Waals surface area (Å²) in [6.45, 7) is 7.58. The monoisotopic (exact) mass is 264 g/mol. The lowest BCUT2D eigenvalue weighted by Crippen LogP contribution is -2.37. The Morgan fingerprint density at radius 1 is 1.58 bits per heavy atom. The van der Waals surface area contributed by atoms with Gasteiger partial charge in [-0.1, -0.05) is 6.92 Å². The minimum atomic E-state index is -0.116. The second-order valence-corrected chi connectivity index (χ2v) is 4.90. The highest BCUT2D eigenvalue weighted by Gasteiger charge is 2.11. The van der Waals surface area contributed by atoms with Crippen LogP contribution in [-0.4, -0.2) is 42.0 Å². The number of aryl methyl sites for hydroxylation is 1. The van der Waals surface area contributed by atoms with Crippen LogP contribution in [0.1, 0.15) is 36.3 Å². The molecule has 1 atom stereocenters. The quantitative estimate of drug-likeness (QED) is 0.815. The van der Waals surface area contributed by atoms with Crippen LogP contribution in [0, 0.1) is 6.92 Å². The van der Waals surface area contributed by atoms with Crippen LogP contribution in [0.5, 0.6) is 0 Å². The van der Waals surface area contributed by atoms with Crippen molar-refractivity contribution in [3.8, 4) is 0 Å². The van der Waals surface area contributed by atoms with E-state index >= 15 is 0 Å². The lowest BCUT2D eigenvalue weighted by atomic mass is 10.2. The molecule has 0 bridgehead atoms. The third-order valence-electron chi connectivity index (χ3n) is 3.45. The van der Waals surface area contributed by atoms with E-state index in [1.165, 1.54) is 0 Å². The van der Waals surface area contributed by atoms with Crippen LogP contribution >= 0.6 is 0 Å². The molecule has 1 amide bonds. The largest absolute Gasteiger partial charge is 0.397 e. The van der Waals surface area contributed by atoms with Gasteiger partial charge in [0.1, 0.15) is 0 Å². The predicted molar refractivity (Wildman–Crippen MR) is 78.1 cm³/mol. The van der Waals surface area contributed by atoms with Gasteiger partial charge in [-0.05, 0) is 33.4 Å². The molecule has 1 heterocycles. The van der Waals surface area contributed by atoms with Crippen molar-refractivity contribution in [1.82, 2.24) is 15.2 Å². The molecule has 0 saturated heterocycles. The van der Waals surface area contributed by atoms with E-state index in [0.29, 0.717) is 29.5 Å². The van der Waals surface area contributed by atoms with Crippen LogP contribution < -0.4 is 11.1 Å². The van der Waals surface area contributed by atoms with Gasteiger partial charge >= 0.3 is 0 Å². The van der Waals surface area contributed by atoms with Crippen molar-refractivity contribution in [2.24, 2.45) is 0 Å². The Morgan fingerprint density at radius 3 is 2.89 bits per heavy atom. The number of nitrogens with two attached hydrogens (primary N) is 1. The second kappa shape index (κ2) is 7.09. The van der Waals surface area contributed by atoms with Crippen LogP contribution in [-0.2, 0) is 0 Å². The lowest BCUT2D eigenvalue weighted by molar-refractivity contribution is 0.0946. The van der Waals surface area contributed by atoms with Crippen molar-refractivity contribution in [3.63, 3.8) is 0 Å². The molecule has 0 aromatic carbocycles. The van der Waals surface area contributed by atoms with Gasteiger partial charge in [-0.3, -0.25) is 9.78 Å². The first-order chi connectivity index (χ1) is 8.95. The average molecular weight is 264 g/mol. The zero-order valence-corrected chi connectivity index (χ0v) is 12.2. The molecule has 1 aromatic heterocycles. The molecular formula is C14H24N4O. The van der Waals surface area contributed by atoms with Crippen LogP contribution in [0.4, 0.5) is 5.69 Å². The van der Waals surface area contributed by atoms with Crippen LogP contribution in [0.2, 0.25) is 0 Å². The molecule has 0 radical (unpaired) electrons. The Balaban J connectivity index is 2.50. The van der Waals surface area contributed by atoms with Gasteiger partial charge in [0.2, 0.25) is 0 Å². The fourth-order valence-corrected chi connectivity index (χ4v) is 1.75. The molecule has 0 aliphatic carbocycles. The van der Waals surface area contributed by atoms with Gasteiger partial charge in [0, 0.05) is 19.1 Å². The summed E-state index contributed by atoms with van der Waals surface area (Å²) in [5.41, 5.74) is 7.40. The molecule has 0 spiro atoms. The number of nitrogen functional groups attached to an aromatic ring is 1. The van der Waals surface area contributed by atoms with Crippen molar-refractivity contribution >= 4 is 11.6 Å². The molecule has 0 aliphatic heterocycles. The Bertz CT molecular complexity index is 433. The first-order valence-electron chi connectivity index (χ1n) is 6.66. The number of carbonyl (C=O) groups excluding carboxylic acids is 1. The maximum atomic E-state index is 12.0. The van der Waals surface area contributed by atoms with E-state index in [1.54, 1.807) is 19.2 Å². The van der Waals surface area contributed by atoms with Crippen molar-refractivity contribution in [1.29, 1.82) is 0 Å². The minimum absolute atomic E-state index is 0.116. The number of hydrogen-bond donors (Lipinski definition) is 2. The number of likely N-dealkylation sites (N-methyl/N-ethyl adjacent to an activating group) is 1. The van der Waals surface area contributed by atoms with Gasteiger partial charge < -0.3 is 16.0 Å². The second-order valence-electron chi connectivity index (χ2n) is 4.90. The number of nitrogens with one attached hydrogen (secondary N) is 1. The lowest BCUT2D eigenvalue weighted by Gasteiger charge is -2.23. The molecule has 19 heavy (non-hydrogen) atoms. The zero-order chi connectivity index (χ0) is 14.4. The van der Waals surface area contributed by atoms with Gasteiger partial charge in [-0.2, -0.15) is 0 Å². The van der Waals surface area contributed by atoms with Crippen molar-refractivity contribution in [2.75, 3.05) is 25.9 Å². The molecule has 1 rings (SSSR count). The summed E-state index contributed by atoms with van der Waals surface area (Å²) in [6, 6.07) is 2.18. The molecule has 5 nitrogen and oxygen atoms in total. The molecule has 1 aromatic rings. The van der Waals surface area contributed by atoms with Crippen molar-refractivity contribution in [3.05, 3.63) is 23.5 Å². The number of amides is 1. The first-order valence-corrected chi connectivity index (χ1v) is 6.66. The topological polar surface area (TPSA) is 71.2 Å². The predicted octanol–water partition coefficient (Wildman–Crippen LogP) is 1.43. The van der Waals surface area contributed by atoms with Gasteiger partial charge in [0.15, 0.2) is 0 Å². The van der Waals surface area contributed by atoms with Crippen LogP contribution in [0.15, 0.2) is 12.3 Å². The van der Waals surface area contributed by atoms with E-state index in [0.717, 1.165) is 13.0 Å². The first kappa shape index (κ1) is 15.4. The SMILES string of the molecule is CCC(C)N(C)CCNC(=O)c1cc(N)cnc1C. The number of carbonyl (C=O) groups is 1. The fourth-order valence-electron chi connectivity index (χ4n) is 1.75. The smallest absolute Gasteiger partial charge is 0.253 e. The van der Waals surface area contributed by atoms with Gasteiger partial charge in [-0.25, -0.2) is 0 Å². The van der Waals surface area contributed by atoms with Crippen molar-refractivity contribution in [2.45, 2.75) is 33.2 Å². The number of rotatable bonds is 6. The van der Waals surface area contributed by atoms with Crippen LogP contribution in [0.3, 0.4) is 0 Å². The Hall–Kier alpha value is -1.62. The van der Waals surface area contributed by atoms with E-state index in [9.17, 15) is 4.79 Å². The maximum absolute atomic E-state index is 12.0. The van der Waals surface area contributed by atoms with Gasteiger partial charge in [0.05, 0.1) is 23.1 Å². The Labute approximate surface area is 115 Å². The summed E-state index contributed by atoms with van der Waals surface area (Å²) >= 11 is 0. The summed E-state index contributed by atoms with van der Waals surface area (Å²) in [4.78, 5) is 18.3. The number of aromatic nitrogens is 1. The molecule has 0 saturated carbocycles. The molecule has 1 unspecified atom stereocenters. The van der Waals surface area contributed by atoms with E-state index in [1.807, 2.05) is 0 Å². The summed E-state index contributed by atoms with van der Waals surface area (Å²) in [5, 5.41) is 2.90. The number of anilines is 1. The fraction of sp³-hybridized carbons (Fsp3) is 0.571. The van der Waals surface area contributed by atoms with E-state index in [2.05, 4.69) is 36.1 Å². The summed E-state index contributed by atoms with van der Waals surface area (Å²) in [6.07, 6.45) is 2.66. The highest BCUT2D eigenvalue weighted by atomic mass is 16.1. The molecule has 0 fully saturated rings. The third-order valence-corrected chi connectivity index (χ3v) is 3.45. The van der Waals surface area contributed by atoms with Gasteiger partial charge in [0.25, 0.3) is 5.91 Å². The summed E-state index contributed by atoms with van der Waals surface area (Å²) < 4.78 is 0. The Morgan fingerprint density at radius 2 is 2.26 bits per heavy atom. The average Bonchev–Trinajstić information content (AvgIpc) is 2.40. The molecule has 3 N–H and O–H groups in total.